The van der Waals surface area contributed by atoms with Crippen LogP contribution in [-0.2, 0) is 9.53 Å². The lowest BCUT2D eigenvalue weighted by molar-refractivity contribution is -0.121. The minimum Gasteiger partial charge on any atom is -0.379 e. The van der Waals surface area contributed by atoms with E-state index in [4.69, 9.17) is 4.74 Å². The number of hydrogen-bond donors (Lipinski definition) is 2. The van der Waals surface area contributed by atoms with Crippen LogP contribution in [0.3, 0.4) is 0 Å². The fourth-order valence-electron chi connectivity index (χ4n) is 2.05. The fourth-order valence-corrected chi connectivity index (χ4v) is 2.51. The lowest BCUT2D eigenvalue weighted by Crippen LogP contribution is -2.50. The summed E-state index contributed by atoms with van der Waals surface area (Å²) >= 11 is 3.31. The number of amides is 2. The first-order chi connectivity index (χ1) is 9.50. The zero-order chi connectivity index (χ0) is 14.6. The third-order valence-corrected chi connectivity index (χ3v) is 3.88. The predicted octanol–water partition coefficient (Wildman–Crippen LogP) is 1.47. The molecule has 0 aliphatic carbocycles. The average Bonchev–Trinajstić information content (AvgIpc) is 2.83. The molecule has 0 radical (unpaired) electrons. The van der Waals surface area contributed by atoms with Gasteiger partial charge in [0.1, 0.15) is 0 Å². The van der Waals surface area contributed by atoms with Crippen molar-refractivity contribution in [3.05, 3.63) is 34.3 Å². The van der Waals surface area contributed by atoms with Crippen LogP contribution in [0.5, 0.6) is 0 Å². The summed E-state index contributed by atoms with van der Waals surface area (Å²) in [5.41, 5.74) is 0.186. The minimum absolute atomic E-state index is 0.0459. The van der Waals surface area contributed by atoms with E-state index in [0.29, 0.717) is 23.2 Å². The van der Waals surface area contributed by atoms with Crippen molar-refractivity contribution in [1.29, 1.82) is 0 Å². The molecule has 1 heterocycles. The van der Waals surface area contributed by atoms with Crippen molar-refractivity contribution in [2.75, 3.05) is 19.8 Å². The van der Waals surface area contributed by atoms with Crippen molar-refractivity contribution >= 4 is 27.7 Å². The molecule has 0 spiro atoms. The summed E-state index contributed by atoms with van der Waals surface area (Å²) in [6, 6.07) is 7.08. The number of halogens is 1. The lowest BCUT2D eigenvalue weighted by Gasteiger charge is -2.23. The molecule has 6 heteroatoms. The van der Waals surface area contributed by atoms with Gasteiger partial charge in [-0.3, -0.25) is 9.59 Å². The van der Waals surface area contributed by atoms with E-state index in [-0.39, 0.29) is 23.9 Å². The van der Waals surface area contributed by atoms with Gasteiger partial charge in [-0.1, -0.05) is 12.1 Å². The van der Waals surface area contributed by atoms with Gasteiger partial charge in [0.05, 0.1) is 24.3 Å². The first-order valence-corrected chi connectivity index (χ1v) is 7.21. The monoisotopic (exact) mass is 340 g/mol. The number of rotatable bonds is 4. The molecule has 108 valence electrons. The molecular weight excluding hydrogens is 324 g/mol. The Morgan fingerprint density at radius 3 is 2.80 bits per heavy atom. The van der Waals surface area contributed by atoms with Gasteiger partial charge >= 0.3 is 0 Å². The molecule has 2 amide bonds. The summed E-state index contributed by atoms with van der Waals surface area (Å²) < 4.78 is 5.97. The third kappa shape index (κ3) is 3.80. The van der Waals surface area contributed by atoms with Gasteiger partial charge in [0.15, 0.2) is 0 Å². The molecule has 0 bridgehead atoms. The van der Waals surface area contributed by atoms with E-state index >= 15 is 0 Å². The topological polar surface area (TPSA) is 67.4 Å². The summed E-state index contributed by atoms with van der Waals surface area (Å²) in [4.78, 5) is 23.8. The Kier molecular flexibility index (Phi) is 4.77. The van der Waals surface area contributed by atoms with E-state index in [1.54, 1.807) is 18.2 Å². The second-order valence-corrected chi connectivity index (χ2v) is 5.93. The summed E-state index contributed by atoms with van der Waals surface area (Å²) in [6.07, 6.45) is 0.789. The summed E-state index contributed by atoms with van der Waals surface area (Å²) in [5.74, 6) is -0.487. The Morgan fingerprint density at radius 2 is 2.15 bits per heavy atom. The Morgan fingerprint density at radius 1 is 1.40 bits per heavy atom. The fraction of sp³-hybridized carbons (Fsp3) is 0.429. The molecule has 5 nitrogen and oxygen atoms in total. The second-order valence-electron chi connectivity index (χ2n) is 5.07. The zero-order valence-electron chi connectivity index (χ0n) is 11.2. The van der Waals surface area contributed by atoms with Crippen molar-refractivity contribution in [2.45, 2.75) is 18.9 Å². The molecule has 1 aliphatic heterocycles. The summed E-state index contributed by atoms with van der Waals surface area (Å²) in [5, 5.41) is 5.50. The van der Waals surface area contributed by atoms with Gasteiger partial charge in [-0.05, 0) is 41.4 Å². The van der Waals surface area contributed by atoms with E-state index < -0.39 is 0 Å². The van der Waals surface area contributed by atoms with Crippen LogP contribution in [-0.4, -0.2) is 37.1 Å². The number of hydrogen-bond acceptors (Lipinski definition) is 3. The van der Waals surface area contributed by atoms with E-state index in [9.17, 15) is 9.59 Å². The van der Waals surface area contributed by atoms with Crippen LogP contribution in [0.4, 0.5) is 0 Å². The third-order valence-electron chi connectivity index (χ3n) is 3.19. The molecule has 0 unspecified atom stereocenters. The Bertz CT molecular complexity index is 513. The van der Waals surface area contributed by atoms with Gasteiger partial charge < -0.3 is 15.4 Å². The van der Waals surface area contributed by atoms with Crippen molar-refractivity contribution in [3.63, 3.8) is 0 Å². The van der Waals surface area contributed by atoms with Crippen LogP contribution in [0.1, 0.15) is 23.7 Å². The van der Waals surface area contributed by atoms with Crippen LogP contribution in [0.25, 0.3) is 0 Å². The highest BCUT2D eigenvalue weighted by molar-refractivity contribution is 9.10. The summed E-state index contributed by atoms with van der Waals surface area (Å²) in [7, 11) is 0. The van der Waals surface area contributed by atoms with Crippen LogP contribution in [0.2, 0.25) is 0 Å². The maximum Gasteiger partial charge on any atom is 0.252 e. The first-order valence-electron chi connectivity index (χ1n) is 6.42. The molecule has 0 saturated carbocycles. The number of benzene rings is 1. The molecule has 20 heavy (non-hydrogen) atoms. The number of nitrogens with one attached hydrogen (secondary N) is 2. The van der Waals surface area contributed by atoms with Crippen LogP contribution in [0.15, 0.2) is 28.7 Å². The van der Waals surface area contributed by atoms with Gasteiger partial charge in [0, 0.05) is 11.1 Å². The molecule has 2 N–H and O–H groups in total. The van der Waals surface area contributed by atoms with Crippen molar-refractivity contribution in [3.8, 4) is 0 Å². The average molecular weight is 341 g/mol. The molecule has 1 aromatic rings. The normalized spacial score (nSPS) is 21.5. The second kappa shape index (κ2) is 6.37. The smallest absolute Gasteiger partial charge is 0.252 e. The molecule has 0 aromatic heterocycles. The highest BCUT2D eigenvalue weighted by Crippen LogP contribution is 2.17. The van der Waals surface area contributed by atoms with Gasteiger partial charge in [0.25, 0.3) is 5.91 Å². The van der Waals surface area contributed by atoms with Crippen molar-refractivity contribution in [1.82, 2.24) is 10.6 Å². The van der Waals surface area contributed by atoms with Gasteiger partial charge in [-0.25, -0.2) is 0 Å². The number of ether oxygens (including phenoxy) is 1. The summed E-state index contributed by atoms with van der Waals surface area (Å²) in [6.45, 7) is 3.06. The Hall–Kier alpha value is -1.40. The highest BCUT2D eigenvalue weighted by atomic mass is 79.9. The molecule has 1 saturated heterocycles. The molecule has 1 atom stereocenters. The molecule has 1 fully saturated rings. The molecule has 1 aliphatic rings. The Labute approximate surface area is 126 Å². The lowest BCUT2D eigenvalue weighted by atomic mass is 10.0. The molecule has 2 rings (SSSR count). The van der Waals surface area contributed by atoms with E-state index in [2.05, 4.69) is 26.6 Å². The first kappa shape index (κ1) is 15.0. The van der Waals surface area contributed by atoms with Gasteiger partial charge in [-0.2, -0.15) is 0 Å². The van der Waals surface area contributed by atoms with Crippen molar-refractivity contribution in [2.24, 2.45) is 0 Å². The van der Waals surface area contributed by atoms with E-state index in [1.165, 1.54) is 0 Å². The van der Waals surface area contributed by atoms with Crippen LogP contribution >= 0.6 is 15.9 Å². The maximum atomic E-state index is 11.9. The van der Waals surface area contributed by atoms with Gasteiger partial charge in [-0.15, -0.1) is 0 Å². The van der Waals surface area contributed by atoms with Crippen molar-refractivity contribution < 1.29 is 14.3 Å². The predicted molar refractivity (Wildman–Crippen MR) is 78.5 cm³/mol. The standard InChI is InChI=1S/C14H17BrN2O3/c1-14(6-7-20-9-14)17-12(18)8-16-13(19)10-4-2-3-5-11(10)15/h2-5H,6-9H2,1H3,(H,16,19)(H,17,18)/t14-/m1/s1. The largest absolute Gasteiger partial charge is 0.379 e. The quantitative estimate of drug-likeness (QED) is 0.872. The maximum absolute atomic E-state index is 11.9. The minimum atomic E-state index is -0.324. The zero-order valence-corrected chi connectivity index (χ0v) is 12.8. The number of carbonyl (C=O) groups excluding carboxylic acids is 2. The molecule has 1 aromatic carbocycles. The van der Waals surface area contributed by atoms with E-state index in [1.807, 2.05) is 13.0 Å². The highest BCUT2D eigenvalue weighted by Gasteiger charge is 2.31. The van der Waals surface area contributed by atoms with E-state index in [0.717, 1.165) is 6.42 Å². The van der Waals surface area contributed by atoms with Crippen LogP contribution in [0, 0.1) is 0 Å². The SMILES string of the molecule is C[C@@]1(NC(=O)CNC(=O)c2ccccc2Br)CCOC1. The number of carbonyl (C=O) groups is 2. The van der Waals surface area contributed by atoms with Gasteiger partial charge in [0.2, 0.25) is 5.91 Å². The van der Waals surface area contributed by atoms with Crippen LogP contribution < -0.4 is 10.6 Å². The Balaban J connectivity index is 1.84. The molecular formula is C14H17BrN2O3.